The van der Waals surface area contributed by atoms with Crippen LogP contribution >= 0.6 is 0 Å². The van der Waals surface area contributed by atoms with Gasteiger partial charge in [0.05, 0.1) is 19.8 Å². The third-order valence-electron chi connectivity index (χ3n) is 6.39. The summed E-state index contributed by atoms with van der Waals surface area (Å²) in [5.74, 6) is -0.918. The molecular weight excluding hydrogens is 421 g/mol. The van der Waals surface area contributed by atoms with Crippen LogP contribution in [-0.4, -0.2) is 55.6 Å². The number of hydrogen-bond donors (Lipinski definition) is 1. The molecule has 4 rings (SSSR count). The van der Waals surface area contributed by atoms with Gasteiger partial charge >= 0.3 is 0 Å². The molecule has 1 heterocycles. The van der Waals surface area contributed by atoms with Crippen molar-refractivity contribution in [2.45, 2.75) is 44.2 Å². The van der Waals surface area contributed by atoms with Crippen LogP contribution in [0.25, 0.3) is 0 Å². The van der Waals surface area contributed by atoms with Crippen molar-refractivity contribution >= 4 is 17.5 Å². The van der Waals surface area contributed by atoms with E-state index in [9.17, 15) is 14.0 Å². The fraction of sp³-hybridized carbons (Fsp3) is 0.462. The Morgan fingerprint density at radius 1 is 1.03 bits per heavy atom. The predicted molar refractivity (Wildman–Crippen MR) is 125 cm³/mol. The van der Waals surface area contributed by atoms with E-state index < -0.39 is 11.9 Å². The zero-order valence-electron chi connectivity index (χ0n) is 18.9. The number of amides is 2. The molecule has 1 saturated carbocycles. The van der Waals surface area contributed by atoms with Crippen molar-refractivity contribution < 1.29 is 18.7 Å². The highest BCUT2D eigenvalue weighted by Crippen LogP contribution is 2.30. The molecule has 0 bridgehead atoms. The zero-order valence-corrected chi connectivity index (χ0v) is 18.9. The van der Waals surface area contributed by atoms with E-state index in [-0.39, 0.29) is 24.4 Å². The first-order chi connectivity index (χ1) is 16.1. The predicted octanol–water partition coefficient (Wildman–Crippen LogP) is 3.68. The molecule has 1 aliphatic carbocycles. The molecule has 1 aliphatic heterocycles. The monoisotopic (exact) mass is 453 g/mol. The van der Waals surface area contributed by atoms with Crippen molar-refractivity contribution in [3.8, 4) is 0 Å². The fourth-order valence-corrected chi connectivity index (χ4v) is 4.67. The van der Waals surface area contributed by atoms with Gasteiger partial charge in [0.1, 0.15) is 11.9 Å². The summed E-state index contributed by atoms with van der Waals surface area (Å²) < 4.78 is 19.6. The normalized spacial score (nSPS) is 18.5. The number of nitrogens with zero attached hydrogens (tertiary/aromatic N) is 2. The second-order valence-electron chi connectivity index (χ2n) is 8.79. The van der Waals surface area contributed by atoms with Crippen LogP contribution in [0.15, 0.2) is 54.6 Å². The summed E-state index contributed by atoms with van der Waals surface area (Å²) in [7, 11) is 0. The Kier molecular flexibility index (Phi) is 8.07. The SMILES string of the molecule is O=C(NC1CCCCC1)C(c1ccccc1)N(C(=O)CN1CCOCC1)c1cccc(F)c1. The first-order valence-electron chi connectivity index (χ1n) is 11.8. The Morgan fingerprint density at radius 2 is 1.76 bits per heavy atom. The van der Waals surface area contributed by atoms with E-state index in [1.54, 1.807) is 12.1 Å². The molecule has 2 aliphatic rings. The maximum absolute atomic E-state index is 14.2. The van der Waals surface area contributed by atoms with E-state index in [1.165, 1.54) is 23.5 Å². The topological polar surface area (TPSA) is 61.9 Å². The molecule has 6 nitrogen and oxygen atoms in total. The number of ether oxygens (including phenoxy) is 1. The van der Waals surface area contributed by atoms with E-state index in [4.69, 9.17) is 4.74 Å². The number of carbonyl (C=O) groups is 2. The number of anilines is 1. The summed E-state index contributed by atoms with van der Waals surface area (Å²) in [5, 5.41) is 3.18. The molecule has 1 N–H and O–H groups in total. The van der Waals surface area contributed by atoms with Crippen LogP contribution in [0.4, 0.5) is 10.1 Å². The Hall–Kier alpha value is -2.77. The van der Waals surface area contributed by atoms with Gasteiger partial charge < -0.3 is 10.1 Å². The van der Waals surface area contributed by atoms with Crippen LogP contribution in [0.2, 0.25) is 0 Å². The van der Waals surface area contributed by atoms with Gasteiger partial charge in [0.2, 0.25) is 11.8 Å². The van der Waals surface area contributed by atoms with Crippen molar-refractivity contribution in [2.24, 2.45) is 0 Å². The summed E-state index contributed by atoms with van der Waals surface area (Å²) in [6, 6.07) is 14.4. The number of carbonyl (C=O) groups excluding carboxylic acids is 2. The second kappa shape index (κ2) is 11.4. The Bertz CT molecular complexity index is 927. The van der Waals surface area contributed by atoms with E-state index in [0.717, 1.165) is 25.7 Å². The molecule has 2 aromatic carbocycles. The minimum atomic E-state index is -0.886. The standard InChI is InChI=1S/C26H32FN3O3/c27-21-10-7-13-23(18-21)30(24(31)19-29-14-16-33-17-15-29)25(20-8-3-1-4-9-20)26(32)28-22-11-5-2-6-12-22/h1,3-4,7-10,13,18,22,25H,2,5-6,11-12,14-17,19H2,(H,28,32). The minimum absolute atomic E-state index is 0.0983. The van der Waals surface area contributed by atoms with Gasteiger partial charge in [0, 0.05) is 24.8 Å². The highest BCUT2D eigenvalue weighted by molar-refractivity contribution is 6.02. The first kappa shape index (κ1) is 23.4. The van der Waals surface area contributed by atoms with Gasteiger partial charge in [-0.05, 0) is 36.6 Å². The highest BCUT2D eigenvalue weighted by Gasteiger charge is 2.35. The summed E-state index contributed by atoms with van der Waals surface area (Å²) in [6.45, 7) is 2.56. The van der Waals surface area contributed by atoms with Gasteiger partial charge in [-0.2, -0.15) is 0 Å². The van der Waals surface area contributed by atoms with Crippen LogP contribution in [0.1, 0.15) is 43.7 Å². The molecule has 7 heteroatoms. The summed E-state index contributed by atoms with van der Waals surface area (Å²) in [6.07, 6.45) is 5.24. The highest BCUT2D eigenvalue weighted by atomic mass is 19.1. The van der Waals surface area contributed by atoms with Crippen molar-refractivity contribution in [1.82, 2.24) is 10.2 Å². The summed E-state index contributed by atoms with van der Waals surface area (Å²) in [4.78, 5) is 30.8. The molecule has 0 aromatic heterocycles. The summed E-state index contributed by atoms with van der Waals surface area (Å²) in [5.41, 5.74) is 1.08. The maximum Gasteiger partial charge on any atom is 0.248 e. The average molecular weight is 454 g/mol. The third kappa shape index (κ3) is 6.18. The van der Waals surface area contributed by atoms with Gasteiger partial charge in [0.15, 0.2) is 0 Å². The lowest BCUT2D eigenvalue weighted by Crippen LogP contribution is -2.51. The quantitative estimate of drug-likeness (QED) is 0.695. The molecule has 1 atom stereocenters. The van der Waals surface area contributed by atoms with Crippen LogP contribution < -0.4 is 10.2 Å². The van der Waals surface area contributed by atoms with Crippen molar-refractivity contribution in [1.29, 1.82) is 0 Å². The van der Waals surface area contributed by atoms with Gasteiger partial charge in [-0.15, -0.1) is 0 Å². The van der Waals surface area contributed by atoms with Crippen molar-refractivity contribution in [3.05, 3.63) is 66.0 Å². The van der Waals surface area contributed by atoms with Crippen molar-refractivity contribution in [2.75, 3.05) is 37.7 Å². The number of morpholine rings is 1. The Labute approximate surface area is 194 Å². The average Bonchev–Trinajstić information content (AvgIpc) is 2.84. The zero-order chi connectivity index (χ0) is 23.0. The number of halogens is 1. The first-order valence-corrected chi connectivity index (χ1v) is 11.8. The molecule has 176 valence electrons. The van der Waals surface area contributed by atoms with E-state index >= 15 is 0 Å². The van der Waals surface area contributed by atoms with Crippen LogP contribution in [0, 0.1) is 5.82 Å². The molecule has 0 radical (unpaired) electrons. The lowest BCUT2D eigenvalue weighted by atomic mass is 9.94. The van der Waals surface area contributed by atoms with Crippen molar-refractivity contribution in [3.63, 3.8) is 0 Å². The number of rotatable bonds is 7. The van der Waals surface area contributed by atoms with E-state index in [0.29, 0.717) is 37.6 Å². The molecule has 2 aromatic rings. The van der Waals surface area contributed by atoms with E-state index in [1.807, 2.05) is 35.2 Å². The molecule has 1 unspecified atom stereocenters. The summed E-state index contributed by atoms with van der Waals surface area (Å²) >= 11 is 0. The van der Waals surface area contributed by atoms with Gasteiger partial charge in [-0.25, -0.2) is 4.39 Å². The fourth-order valence-electron chi connectivity index (χ4n) is 4.67. The number of hydrogen-bond acceptors (Lipinski definition) is 4. The Balaban J connectivity index is 1.68. The Morgan fingerprint density at radius 3 is 2.45 bits per heavy atom. The second-order valence-corrected chi connectivity index (χ2v) is 8.79. The molecule has 1 saturated heterocycles. The maximum atomic E-state index is 14.2. The smallest absolute Gasteiger partial charge is 0.248 e. The minimum Gasteiger partial charge on any atom is -0.379 e. The molecular formula is C26H32FN3O3. The lowest BCUT2D eigenvalue weighted by molar-refractivity contribution is -0.128. The molecule has 2 fully saturated rings. The molecule has 0 spiro atoms. The van der Waals surface area contributed by atoms with E-state index in [2.05, 4.69) is 5.32 Å². The lowest BCUT2D eigenvalue weighted by Gasteiger charge is -2.35. The third-order valence-corrected chi connectivity index (χ3v) is 6.39. The van der Waals surface area contributed by atoms with Crippen LogP contribution in [-0.2, 0) is 14.3 Å². The molecule has 2 amide bonds. The van der Waals surface area contributed by atoms with Crippen LogP contribution in [0.5, 0.6) is 0 Å². The van der Waals surface area contributed by atoms with Gasteiger partial charge in [-0.3, -0.25) is 19.4 Å². The van der Waals surface area contributed by atoms with Gasteiger partial charge in [-0.1, -0.05) is 55.7 Å². The number of nitrogens with one attached hydrogen (secondary N) is 1. The number of benzene rings is 2. The molecule has 33 heavy (non-hydrogen) atoms. The van der Waals surface area contributed by atoms with Gasteiger partial charge in [0.25, 0.3) is 0 Å². The van der Waals surface area contributed by atoms with Crippen LogP contribution in [0.3, 0.4) is 0 Å². The largest absolute Gasteiger partial charge is 0.379 e.